The minimum absolute atomic E-state index is 0.0712. The Kier molecular flexibility index (Phi) is 2.72. The third kappa shape index (κ3) is 2.04. The monoisotopic (exact) mass is 304 g/mol. The molecule has 3 aromatic rings. The third-order valence-corrected chi connectivity index (χ3v) is 3.73. The molecule has 0 amide bonds. The second-order valence-electron chi connectivity index (χ2n) is 5.31. The SMILES string of the molecule is FC(F)(F)c1ncncc1-c1nc2ccccc2n1C1CC1. The highest BCUT2D eigenvalue weighted by Crippen LogP contribution is 2.43. The van der Waals surface area contributed by atoms with Crippen LogP contribution < -0.4 is 0 Å². The van der Waals surface area contributed by atoms with Crippen molar-refractivity contribution in [2.24, 2.45) is 0 Å². The number of benzene rings is 1. The molecule has 1 aliphatic rings. The molecule has 0 aliphatic heterocycles. The maximum Gasteiger partial charge on any atom is 0.434 e. The first kappa shape index (κ1) is 13.2. The number of hydrogen-bond acceptors (Lipinski definition) is 3. The van der Waals surface area contributed by atoms with Crippen molar-refractivity contribution in [2.45, 2.75) is 25.1 Å². The van der Waals surface area contributed by atoms with Crippen molar-refractivity contribution < 1.29 is 13.2 Å². The fourth-order valence-corrected chi connectivity index (χ4v) is 2.66. The summed E-state index contributed by atoms with van der Waals surface area (Å²) >= 11 is 0. The summed E-state index contributed by atoms with van der Waals surface area (Å²) in [7, 11) is 0. The zero-order valence-electron chi connectivity index (χ0n) is 11.4. The van der Waals surface area contributed by atoms with E-state index in [1.807, 2.05) is 22.8 Å². The Morgan fingerprint density at radius 2 is 1.91 bits per heavy atom. The summed E-state index contributed by atoms with van der Waals surface area (Å²) in [6.07, 6.45) is -0.540. The average molecular weight is 304 g/mol. The Bertz CT molecular complexity index is 849. The van der Waals surface area contributed by atoms with Crippen LogP contribution in [-0.4, -0.2) is 19.5 Å². The number of nitrogens with zero attached hydrogens (tertiary/aromatic N) is 4. The van der Waals surface area contributed by atoms with Gasteiger partial charge >= 0.3 is 6.18 Å². The van der Waals surface area contributed by atoms with Crippen molar-refractivity contribution in [1.29, 1.82) is 0 Å². The van der Waals surface area contributed by atoms with E-state index in [9.17, 15) is 13.2 Å². The van der Waals surface area contributed by atoms with Crippen LogP contribution in [0.4, 0.5) is 13.2 Å². The van der Waals surface area contributed by atoms with Gasteiger partial charge in [-0.15, -0.1) is 0 Å². The van der Waals surface area contributed by atoms with Gasteiger partial charge in [-0.3, -0.25) is 0 Å². The predicted octanol–water partition coefficient (Wildman–Crippen LogP) is 3.85. The van der Waals surface area contributed by atoms with Crippen molar-refractivity contribution in [2.75, 3.05) is 0 Å². The molecule has 0 radical (unpaired) electrons. The lowest BCUT2D eigenvalue weighted by atomic mass is 10.2. The number of halogens is 3. The molecule has 0 unspecified atom stereocenters. The van der Waals surface area contributed by atoms with E-state index in [0.29, 0.717) is 5.52 Å². The zero-order valence-corrected chi connectivity index (χ0v) is 11.4. The number of rotatable bonds is 2. The van der Waals surface area contributed by atoms with Gasteiger partial charge in [0, 0.05) is 12.2 Å². The lowest BCUT2D eigenvalue weighted by molar-refractivity contribution is -0.140. The molecule has 0 bridgehead atoms. The van der Waals surface area contributed by atoms with Crippen LogP contribution in [0.3, 0.4) is 0 Å². The smallest absolute Gasteiger partial charge is 0.321 e. The van der Waals surface area contributed by atoms with E-state index in [2.05, 4.69) is 15.0 Å². The van der Waals surface area contributed by atoms with E-state index >= 15 is 0 Å². The van der Waals surface area contributed by atoms with Gasteiger partial charge in [0.1, 0.15) is 12.2 Å². The fraction of sp³-hybridized carbons (Fsp3) is 0.267. The molecule has 112 valence electrons. The molecule has 2 heterocycles. The summed E-state index contributed by atoms with van der Waals surface area (Å²) < 4.78 is 41.5. The number of aromatic nitrogens is 4. The summed E-state index contributed by atoms with van der Waals surface area (Å²) in [6.45, 7) is 0. The maximum absolute atomic E-state index is 13.2. The van der Waals surface area contributed by atoms with Gasteiger partial charge < -0.3 is 4.57 Å². The van der Waals surface area contributed by atoms with Gasteiger partial charge in [0.15, 0.2) is 5.69 Å². The average Bonchev–Trinajstić information content (AvgIpc) is 3.26. The van der Waals surface area contributed by atoms with Crippen LogP contribution in [0.15, 0.2) is 36.8 Å². The summed E-state index contributed by atoms with van der Waals surface area (Å²) in [4.78, 5) is 11.6. The second-order valence-corrected chi connectivity index (χ2v) is 5.31. The number of para-hydroxylation sites is 2. The number of alkyl halides is 3. The number of imidazole rings is 1. The normalized spacial score (nSPS) is 15.4. The molecule has 1 saturated carbocycles. The topological polar surface area (TPSA) is 43.6 Å². The molecule has 22 heavy (non-hydrogen) atoms. The molecule has 0 atom stereocenters. The van der Waals surface area contributed by atoms with Gasteiger partial charge in [0.25, 0.3) is 0 Å². The molecule has 0 N–H and O–H groups in total. The largest absolute Gasteiger partial charge is 0.434 e. The number of hydrogen-bond donors (Lipinski definition) is 0. The lowest BCUT2D eigenvalue weighted by Gasteiger charge is -2.12. The van der Waals surface area contributed by atoms with Gasteiger partial charge in [-0.2, -0.15) is 13.2 Å². The van der Waals surface area contributed by atoms with E-state index in [1.165, 1.54) is 6.20 Å². The second kappa shape index (κ2) is 4.53. The fourth-order valence-electron chi connectivity index (χ4n) is 2.66. The Balaban J connectivity index is 2.01. The predicted molar refractivity (Wildman–Crippen MR) is 74.0 cm³/mol. The van der Waals surface area contributed by atoms with Crippen molar-refractivity contribution in [3.05, 3.63) is 42.5 Å². The van der Waals surface area contributed by atoms with Gasteiger partial charge in [0.05, 0.1) is 16.6 Å². The third-order valence-electron chi connectivity index (χ3n) is 3.73. The highest BCUT2D eigenvalue weighted by atomic mass is 19.4. The molecule has 0 spiro atoms. The van der Waals surface area contributed by atoms with Crippen LogP contribution in [0.1, 0.15) is 24.6 Å². The Morgan fingerprint density at radius 1 is 1.14 bits per heavy atom. The molecule has 1 aromatic carbocycles. The molecule has 7 heteroatoms. The first-order chi connectivity index (χ1) is 10.6. The summed E-state index contributed by atoms with van der Waals surface area (Å²) in [5, 5.41) is 0. The van der Waals surface area contributed by atoms with Gasteiger partial charge in [0.2, 0.25) is 0 Å². The van der Waals surface area contributed by atoms with E-state index in [-0.39, 0.29) is 17.4 Å². The molecule has 0 saturated heterocycles. The molecule has 2 aromatic heterocycles. The quantitative estimate of drug-likeness (QED) is 0.722. The van der Waals surface area contributed by atoms with Crippen molar-refractivity contribution in [3.8, 4) is 11.4 Å². The van der Waals surface area contributed by atoms with E-state index in [0.717, 1.165) is 24.7 Å². The van der Waals surface area contributed by atoms with E-state index < -0.39 is 11.9 Å². The van der Waals surface area contributed by atoms with Gasteiger partial charge in [-0.1, -0.05) is 12.1 Å². The molecule has 1 fully saturated rings. The van der Waals surface area contributed by atoms with Gasteiger partial charge in [-0.05, 0) is 25.0 Å². The van der Waals surface area contributed by atoms with Crippen LogP contribution in [0, 0.1) is 0 Å². The van der Waals surface area contributed by atoms with Crippen LogP contribution in [0.5, 0.6) is 0 Å². The van der Waals surface area contributed by atoms with Crippen molar-refractivity contribution in [3.63, 3.8) is 0 Å². The van der Waals surface area contributed by atoms with E-state index in [4.69, 9.17) is 0 Å². The van der Waals surface area contributed by atoms with Crippen LogP contribution in [0.2, 0.25) is 0 Å². The number of fused-ring (bicyclic) bond motifs is 1. The summed E-state index contributed by atoms with van der Waals surface area (Å²) in [5.74, 6) is 0.289. The van der Waals surface area contributed by atoms with Crippen molar-refractivity contribution in [1.82, 2.24) is 19.5 Å². The Hall–Kier alpha value is -2.44. The maximum atomic E-state index is 13.2. The van der Waals surface area contributed by atoms with Crippen LogP contribution in [0.25, 0.3) is 22.4 Å². The highest BCUT2D eigenvalue weighted by Gasteiger charge is 2.38. The minimum Gasteiger partial charge on any atom is -0.321 e. The van der Waals surface area contributed by atoms with Crippen LogP contribution >= 0.6 is 0 Å². The zero-order chi connectivity index (χ0) is 15.3. The highest BCUT2D eigenvalue weighted by molar-refractivity contribution is 5.81. The van der Waals surface area contributed by atoms with Crippen molar-refractivity contribution >= 4 is 11.0 Å². The molecule has 4 rings (SSSR count). The summed E-state index contributed by atoms with van der Waals surface area (Å²) in [5.41, 5.74) is 0.510. The van der Waals surface area contributed by atoms with E-state index in [1.54, 1.807) is 6.07 Å². The molecule has 4 nitrogen and oxygen atoms in total. The molecular weight excluding hydrogens is 293 g/mol. The minimum atomic E-state index is -4.54. The van der Waals surface area contributed by atoms with Gasteiger partial charge in [-0.25, -0.2) is 15.0 Å². The standard InChI is InChI=1S/C15H11F3N4/c16-15(17,18)13-10(7-19-8-20-13)14-21-11-3-1-2-4-12(11)22(14)9-5-6-9/h1-4,7-9H,5-6H2. The first-order valence-electron chi connectivity index (χ1n) is 6.90. The lowest BCUT2D eigenvalue weighted by Crippen LogP contribution is -2.12. The molecule has 1 aliphatic carbocycles. The first-order valence-corrected chi connectivity index (χ1v) is 6.90. The Morgan fingerprint density at radius 3 is 2.64 bits per heavy atom. The Labute approximate surface area is 123 Å². The summed E-state index contributed by atoms with van der Waals surface area (Å²) in [6, 6.07) is 7.56. The van der Waals surface area contributed by atoms with Crippen LogP contribution in [-0.2, 0) is 6.18 Å². The molecular formula is C15H11F3N4.